The van der Waals surface area contributed by atoms with E-state index in [0.717, 1.165) is 22.0 Å². The molecule has 7 heteroatoms. The third kappa shape index (κ3) is 2.67. The summed E-state index contributed by atoms with van der Waals surface area (Å²) >= 11 is 0. The molecule has 0 radical (unpaired) electrons. The zero-order valence-electron chi connectivity index (χ0n) is 13.3. The van der Waals surface area contributed by atoms with Gasteiger partial charge in [-0.05, 0) is 30.5 Å². The minimum atomic E-state index is -0.476. The smallest absolute Gasteiger partial charge is 0.224 e. The van der Waals surface area contributed by atoms with E-state index in [4.69, 9.17) is 0 Å². The number of aliphatic hydroxyl groups excluding tert-OH is 1. The molecule has 3 aromatic rings. The van der Waals surface area contributed by atoms with Crippen molar-refractivity contribution in [2.45, 2.75) is 38.0 Å². The molecule has 2 aromatic heterocycles. The summed E-state index contributed by atoms with van der Waals surface area (Å²) < 4.78 is 1.74. The van der Waals surface area contributed by atoms with Crippen molar-refractivity contribution in [1.29, 1.82) is 0 Å². The van der Waals surface area contributed by atoms with Crippen molar-refractivity contribution in [1.82, 2.24) is 25.3 Å². The summed E-state index contributed by atoms with van der Waals surface area (Å²) in [6.07, 6.45) is 5.77. The standard InChI is InChI=1S/C17H19N5O2/c1-10-7-19-22(9-10)17-14(6-15(17)23)20-16(24)5-11-2-3-12-8-18-21-13(12)4-11/h2-4,7-9,14-15,17,23H,5-6H2,1H3,(H,18,21)(H,20,24)/t14-,15+,17+/m0/s1. The van der Waals surface area contributed by atoms with Gasteiger partial charge in [0.25, 0.3) is 0 Å². The summed E-state index contributed by atoms with van der Waals surface area (Å²) in [6, 6.07) is 5.53. The van der Waals surface area contributed by atoms with E-state index >= 15 is 0 Å². The summed E-state index contributed by atoms with van der Waals surface area (Å²) in [4.78, 5) is 12.3. The van der Waals surface area contributed by atoms with Gasteiger partial charge in [-0.1, -0.05) is 12.1 Å². The lowest BCUT2D eigenvalue weighted by molar-refractivity contribution is -0.124. The summed E-state index contributed by atoms with van der Waals surface area (Å²) in [5, 5.41) is 25.2. The molecule has 7 nitrogen and oxygen atoms in total. The summed E-state index contributed by atoms with van der Waals surface area (Å²) in [6.45, 7) is 1.95. The molecule has 3 atom stereocenters. The molecule has 3 N–H and O–H groups in total. The van der Waals surface area contributed by atoms with Crippen LogP contribution in [0.5, 0.6) is 0 Å². The first-order chi connectivity index (χ1) is 11.6. The van der Waals surface area contributed by atoms with Gasteiger partial charge in [0.1, 0.15) is 0 Å². The van der Waals surface area contributed by atoms with E-state index in [1.54, 1.807) is 17.1 Å². The Hall–Kier alpha value is -2.67. The molecule has 2 heterocycles. The topological polar surface area (TPSA) is 95.8 Å². The fraction of sp³-hybridized carbons (Fsp3) is 0.353. The highest BCUT2D eigenvalue weighted by Gasteiger charge is 2.42. The molecule has 0 spiro atoms. The Morgan fingerprint density at radius 3 is 3.08 bits per heavy atom. The molecule has 0 bridgehead atoms. The van der Waals surface area contributed by atoms with Gasteiger partial charge in [0.05, 0.1) is 42.5 Å². The Bertz CT molecular complexity index is 884. The van der Waals surface area contributed by atoms with Gasteiger partial charge >= 0.3 is 0 Å². The van der Waals surface area contributed by atoms with Gasteiger partial charge in [-0.3, -0.25) is 14.6 Å². The van der Waals surface area contributed by atoms with E-state index in [-0.39, 0.29) is 18.0 Å². The molecule has 1 aliphatic carbocycles. The van der Waals surface area contributed by atoms with Crippen LogP contribution in [0.15, 0.2) is 36.8 Å². The average Bonchev–Trinajstić information content (AvgIpc) is 3.15. The number of benzene rings is 1. The second kappa shape index (κ2) is 5.76. The minimum Gasteiger partial charge on any atom is -0.391 e. The van der Waals surface area contributed by atoms with Gasteiger partial charge in [-0.2, -0.15) is 10.2 Å². The van der Waals surface area contributed by atoms with E-state index < -0.39 is 6.10 Å². The molecule has 0 unspecified atom stereocenters. The zero-order valence-corrected chi connectivity index (χ0v) is 13.3. The maximum absolute atomic E-state index is 12.3. The van der Waals surface area contributed by atoms with Crippen molar-refractivity contribution >= 4 is 16.8 Å². The molecule has 0 saturated heterocycles. The van der Waals surface area contributed by atoms with Crippen molar-refractivity contribution < 1.29 is 9.90 Å². The van der Waals surface area contributed by atoms with Gasteiger partial charge < -0.3 is 10.4 Å². The number of H-pyrrole nitrogens is 1. The van der Waals surface area contributed by atoms with Crippen LogP contribution < -0.4 is 5.32 Å². The third-order valence-electron chi connectivity index (χ3n) is 4.56. The molecule has 24 heavy (non-hydrogen) atoms. The number of hydrogen-bond acceptors (Lipinski definition) is 4. The predicted octanol–water partition coefficient (Wildman–Crippen LogP) is 1.10. The van der Waals surface area contributed by atoms with E-state index in [1.165, 1.54) is 0 Å². The molecule has 1 fully saturated rings. The van der Waals surface area contributed by atoms with Crippen LogP contribution in [-0.4, -0.2) is 43.1 Å². The van der Waals surface area contributed by atoms with Crippen LogP contribution >= 0.6 is 0 Å². The Morgan fingerprint density at radius 2 is 2.33 bits per heavy atom. The highest BCUT2D eigenvalue weighted by atomic mass is 16.3. The number of aliphatic hydroxyl groups is 1. The number of carbonyl (C=O) groups excluding carboxylic acids is 1. The van der Waals surface area contributed by atoms with Crippen molar-refractivity contribution in [3.63, 3.8) is 0 Å². The van der Waals surface area contributed by atoms with Gasteiger partial charge in [0, 0.05) is 11.6 Å². The van der Waals surface area contributed by atoms with Crippen LogP contribution in [0.2, 0.25) is 0 Å². The number of aromatic amines is 1. The SMILES string of the molecule is Cc1cnn([C@H]2[C@H](O)C[C@@H]2NC(=O)Cc2ccc3cn[nH]c3c2)c1. The number of hydrogen-bond donors (Lipinski definition) is 3. The number of rotatable bonds is 4. The van der Waals surface area contributed by atoms with Crippen LogP contribution in [0.4, 0.5) is 0 Å². The molecular formula is C17H19N5O2. The highest BCUT2D eigenvalue weighted by Crippen LogP contribution is 2.32. The fourth-order valence-electron chi connectivity index (χ4n) is 3.25. The molecular weight excluding hydrogens is 306 g/mol. The van der Waals surface area contributed by atoms with Gasteiger partial charge in [0.15, 0.2) is 0 Å². The van der Waals surface area contributed by atoms with Crippen molar-refractivity contribution in [3.8, 4) is 0 Å². The quantitative estimate of drug-likeness (QED) is 0.669. The van der Waals surface area contributed by atoms with Crippen molar-refractivity contribution in [2.75, 3.05) is 0 Å². The number of carbonyl (C=O) groups is 1. The van der Waals surface area contributed by atoms with Crippen LogP contribution in [0.25, 0.3) is 10.9 Å². The fourth-order valence-corrected chi connectivity index (χ4v) is 3.25. The molecule has 4 rings (SSSR count). The van der Waals surface area contributed by atoms with Crippen molar-refractivity contribution in [3.05, 3.63) is 47.9 Å². The number of amides is 1. The van der Waals surface area contributed by atoms with E-state index in [0.29, 0.717) is 12.8 Å². The molecule has 1 amide bonds. The normalized spacial score (nSPS) is 23.2. The maximum atomic E-state index is 12.3. The van der Waals surface area contributed by atoms with Crippen LogP contribution in [0.3, 0.4) is 0 Å². The number of nitrogens with one attached hydrogen (secondary N) is 2. The predicted molar refractivity (Wildman–Crippen MR) is 88.4 cm³/mol. The lowest BCUT2D eigenvalue weighted by atomic mass is 9.83. The van der Waals surface area contributed by atoms with Gasteiger partial charge in [-0.15, -0.1) is 0 Å². The third-order valence-corrected chi connectivity index (χ3v) is 4.56. The lowest BCUT2D eigenvalue weighted by Gasteiger charge is -2.41. The second-order valence-corrected chi connectivity index (χ2v) is 6.43. The van der Waals surface area contributed by atoms with Crippen molar-refractivity contribution in [2.24, 2.45) is 0 Å². The summed E-state index contributed by atoms with van der Waals surface area (Å²) in [5.41, 5.74) is 2.88. The number of nitrogens with zero attached hydrogens (tertiary/aromatic N) is 3. The molecule has 1 saturated carbocycles. The Balaban J connectivity index is 1.42. The van der Waals surface area contributed by atoms with Gasteiger partial charge in [0.2, 0.25) is 5.91 Å². The average molecular weight is 325 g/mol. The summed E-state index contributed by atoms with van der Waals surface area (Å²) in [7, 11) is 0. The molecule has 1 aromatic carbocycles. The van der Waals surface area contributed by atoms with Crippen LogP contribution in [-0.2, 0) is 11.2 Å². The minimum absolute atomic E-state index is 0.0559. The largest absolute Gasteiger partial charge is 0.391 e. The molecule has 124 valence electrons. The first-order valence-corrected chi connectivity index (χ1v) is 8.00. The Morgan fingerprint density at radius 1 is 1.46 bits per heavy atom. The highest BCUT2D eigenvalue weighted by molar-refractivity contribution is 5.83. The zero-order chi connectivity index (χ0) is 16.7. The second-order valence-electron chi connectivity index (χ2n) is 6.43. The van der Waals surface area contributed by atoms with E-state index in [1.807, 2.05) is 31.3 Å². The first-order valence-electron chi connectivity index (χ1n) is 8.00. The molecule has 0 aliphatic heterocycles. The number of aryl methyl sites for hydroxylation is 1. The summed E-state index contributed by atoms with van der Waals surface area (Å²) in [5.74, 6) is -0.0559. The van der Waals surface area contributed by atoms with E-state index in [9.17, 15) is 9.90 Å². The van der Waals surface area contributed by atoms with Crippen LogP contribution in [0, 0.1) is 6.92 Å². The molecule has 1 aliphatic rings. The maximum Gasteiger partial charge on any atom is 0.224 e. The Labute approximate surface area is 138 Å². The van der Waals surface area contributed by atoms with Crippen LogP contribution in [0.1, 0.15) is 23.6 Å². The number of fused-ring (bicyclic) bond motifs is 1. The Kier molecular flexibility index (Phi) is 3.57. The first kappa shape index (κ1) is 14.9. The van der Waals surface area contributed by atoms with Gasteiger partial charge in [-0.25, -0.2) is 0 Å². The lowest BCUT2D eigenvalue weighted by Crippen LogP contribution is -2.56. The van der Waals surface area contributed by atoms with E-state index in [2.05, 4.69) is 20.6 Å². The number of aromatic nitrogens is 4. The monoisotopic (exact) mass is 325 g/mol.